The molecule has 0 aromatic heterocycles. The summed E-state index contributed by atoms with van der Waals surface area (Å²) in [6, 6.07) is 6.76. The minimum atomic E-state index is -3.52. The van der Waals surface area contributed by atoms with Gasteiger partial charge in [-0.2, -0.15) is 8.42 Å². The van der Waals surface area contributed by atoms with Crippen molar-refractivity contribution in [2.24, 2.45) is 3.77 Å². The summed E-state index contributed by atoms with van der Waals surface area (Å²) >= 11 is 0. The van der Waals surface area contributed by atoms with Gasteiger partial charge in [0, 0.05) is 5.75 Å². The molecule has 5 heteroatoms. The smallest absolute Gasteiger partial charge is 0.199 e. The molecular weight excluding hydrogens is 254 g/mol. The lowest BCUT2D eigenvalue weighted by atomic mass is 10.2. The monoisotopic (exact) mass is 267 g/mol. The van der Waals surface area contributed by atoms with E-state index in [-0.39, 0.29) is 4.90 Å². The molecule has 0 saturated heterocycles. The molecule has 1 aliphatic rings. The van der Waals surface area contributed by atoms with Crippen LogP contribution in [0.2, 0.25) is 0 Å². The highest BCUT2D eigenvalue weighted by Crippen LogP contribution is 2.15. The van der Waals surface area contributed by atoms with Crippen LogP contribution in [-0.2, 0) is 20.7 Å². The van der Waals surface area contributed by atoms with Crippen LogP contribution in [0.25, 0.3) is 0 Å². The molecule has 0 spiro atoms. The zero-order valence-electron chi connectivity index (χ0n) is 9.41. The van der Waals surface area contributed by atoms with E-state index >= 15 is 0 Å². The van der Waals surface area contributed by atoms with Gasteiger partial charge in [0.15, 0.2) is 0 Å². The molecule has 0 radical (unpaired) electrons. The zero-order valence-corrected chi connectivity index (χ0v) is 11.0. The number of sulfonamides is 1. The molecule has 0 N–H and O–H groups in total. The number of allylic oxidation sites excluding steroid dienone is 2. The lowest BCUT2D eigenvalue weighted by Gasteiger charge is -2.04. The first-order valence-electron chi connectivity index (χ1n) is 5.16. The number of benzene rings is 1. The van der Waals surface area contributed by atoms with E-state index in [1.54, 1.807) is 24.3 Å². The third kappa shape index (κ3) is 3.14. The second-order valence-corrected chi connectivity index (χ2v) is 7.11. The van der Waals surface area contributed by atoms with Crippen molar-refractivity contribution in [3.8, 4) is 0 Å². The van der Waals surface area contributed by atoms with Gasteiger partial charge in [0.2, 0.25) is 0 Å². The Balaban J connectivity index is 2.34. The molecule has 1 aromatic carbocycles. The fraction of sp³-hybridized carbons (Fsp3) is 0.167. The highest BCUT2D eigenvalue weighted by atomic mass is 32.3. The summed E-state index contributed by atoms with van der Waals surface area (Å²) in [5, 5.41) is 1.83. The average Bonchev–Trinajstić information content (AvgIpc) is 2.30. The van der Waals surface area contributed by atoms with Crippen molar-refractivity contribution in [1.29, 1.82) is 0 Å². The van der Waals surface area contributed by atoms with Crippen LogP contribution in [0.15, 0.2) is 56.6 Å². The van der Waals surface area contributed by atoms with E-state index in [4.69, 9.17) is 0 Å². The van der Waals surface area contributed by atoms with E-state index in [1.807, 2.05) is 30.6 Å². The van der Waals surface area contributed by atoms with Gasteiger partial charge in [0.05, 0.1) is 4.90 Å². The SMILES string of the molecule is Cc1ccc(S(=O)(=O)N=S2C=CC=CC2)cc1. The molecule has 0 aliphatic carbocycles. The molecule has 3 nitrogen and oxygen atoms in total. The maximum Gasteiger partial charge on any atom is 0.288 e. The van der Waals surface area contributed by atoms with Crippen molar-refractivity contribution in [3.05, 3.63) is 53.5 Å². The van der Waals surface area contributed by atoms with E-state index in [1.165, 1.54) is 0 Å². The molecule has 1 unspecified atom stereocenters. The van der Waals surface area contributed by atoms with Crippen molar-refractivity contribution in [2.75, 3.05) is 5.75 Å². The number of hydrogen-bond donors (Lipinski definition) is 0. The van der Waals surface area contributed by atoms with Gasteiger partial charge in [-0.05, 0) is 24.5 Å². The van der Waals surface area contributed by atoms with Gasteiger partial charge in [-0.15, -0.1) is 3.77 Å². The van der Waals surface area contributed by atoms with Gasteiger partial charge in [-0.3, -0.25) is 0 Å². The fourth-order valence-electron chi connectivity index (χ4n) is 1.36. The molecule has 17 heavy (non-hydrogen) atoms. The standard InChI is InChI=1S/C12H13NO2S2/c1-11-5-7-12(8-6-11)17(14,15)13-16-9-3-2-4-10-16/h2-9H,10H2,1H3. The Morgan fingerprint density at radius 3 is 2.47 bits per heavy atom. The van der Waals surface area contributed by atoms with Gasteiger partial charge in [0.1, 0.15) is 0 Å². The van der Waals surface area contributed by atoms with Crippen LogP contribution >= 0.6 is 0 Å². The summed E-state index contributed by atoms with van der Waals surface area (Å²) in [6.45, 7) is 1.92. The summed E-state index contributed by atoms with van der Waals surface area (Å²) in [7, 11) is -4.07. The maximum absolute atomic E-state index is 12.0. The van der Waals surface area contributed by atoms with Crippen molar-refractivity contribution in [3.63, 3.8) is 0 Å². The largest absolute Gasteiger partial charge is 0.288 e. The predicted molar refractivity (Wildman–Crippen MR) is 71.3 cm³/mol. The molecule has 0 saturated carbocycles. The van der Waals surface area contributed by atoms with E-state index < -0.39 is 20.7 Å². The first-order valence-corrected chi connectivity index (χ1v) is 8.01. The first kappa shape index (κ1) is 12.3. The third-order valence-electron chi connectivity index (χ3n) is 2.26. The van der Waals surface area contributed by atoms with E-state index in [2.05, 4.69) is 3.77 Å². The minimum absolute atomic E-state index is 0.263. The van der Waals surface area contributed by atoms with Crippen LogP contribution in [0.5, 0.6) is 0 Å². The highest BCUT2D eigenvalue weighted by Gasteiger charge is 2.12. The molecule has 90 valence electrons. The number of rotatable bonds is 2. The van der Waals surface area contributed by atoms with Gasteiger partial charge >= 0.3 is 0 Å². The average molecular weight is 267 g/mol. The Kier molecular flexibility index (Phi) is 3.59. The summed E-state index contributed by atoms with van der Waals surface area (Å²) in [5.74, 6) is 0.668. The Hall–Kier alpha value is -1.20. The summed E-state index contributed by atoms with van der Waals surface area (Å²) in [4.78, 5) is 0.263. The Labute approximate surface area is 104 Å². The molecule has 1 aliphatic heterocycles. The van der Waals surface area contributed by atoms with E-state index in [0.717, 1.165) is 5.56 Å². The summed E-state index contributed by atoms with van der Waals surface area (Å²) < 4.78 is 27.9. The fourth-order valence-corrected chi connectivity index (χ4v) is 4.33. The molecule has 1 atom stereocenters. The van der Waals surface area contributed by atoms with Crippen molar-refractivity contribution in [1.82, 2.24) is 0 Å². The van der Waals surface area contributed by atoms with Gasteiger partial charge in [-0.1, -0.05) is 46.6 Å². The van der Waals surface area contributed by atoms with Crippen LogP contribution in [0.4, 0.5) is 0 Å². The Bertz CT molecular complexity index is 596. The molecule has 1 heterocycles. The normalized spacial score (nSPS) is 19.7. The molecule has 0 bridgehead atoms. The molecule has 0 amide bonds. The Morgan fingerprint density at radius 1 is 1.18 bits per heavy atom. The first-order chi connectivity index (χ1) is 8.08. The Morgan fingerprint density at radius 2 is 1.88 bits per heavy atom. The molecule has 2 rings (SSSR count). The minimum Gasteiger partial charge on any atom is -0.199 e. The van der Waals surface area contributed by atoms with Crippen molar-refractivity contribution >= 4 is 20.7 Å². The zero-order chi connectivity index (χ0) is 12.3. The third-order valence-corrected chi connectivity index (χ3v) is 5.69. The number of hydrogen-bond acceptors (Lipinski definition) is 2. The van der Waals surface area contributed by atoms with Crippen molar-refractivity contribution in [2.45, 2.75) is 11.8 Å². The number of aryl methyl sites for hydroxylation is 1. The van der Waals surface area contributed by atoms with Crippen LogP contribution in [0.1, 0.15) is 5.56 Å². The number of nitrogens with zero attached hydrogens (tertiary/aromatic N) is 1. The maximum atomic E-state index is 12.0. The molecule has 0 fully saturated rings. The highest BCUT2D eigenvalue weighted by molar-refractivity contribution is 8.01. The second-order valence-electron chi connectivity index (χ2n) is 3.69. The van der Waals surface area contributed by atoms with Crippen LogP contribution in [0, 0.1) is 6.92 Å². The van der Waals surface area contributed by atoms with Crippen molar-refractivity contribution < 1.29 is 8.42 Å². The van der Waals surface area contributed by atoms with Gasteiger partial charge < -0.3 is 0 Å². The van der Waals surface area contributed by atoms with Gasteiger partial charge in [0.25, 0.3) is 10.0 Å². The second kappa shape index (κ2) is 4.98. The summed E-state index contributed by atoms with van der Waals surface area (Å²) in [6.07, 6.45) is 5.66. The van der Waals surface area contributed by atoms with Crippen LogP contribution in [-0.4, -0.2) is 14.2 Å². The summed E-state index contributed by atoms with van der Waals surface area (Å²) in [5.41, 5.74) is 1.03. The van der Waals surface area contributed by atoms with Gasteiger partial charge in [-0.25, -0.2) is 0 Å². The van der Waals surface area contributed by atoms with E-state index in [0.29, 0.717) is 5.75 Å². The van der Waals surface area contributed by atoms with E-state index in [9.17, 15) is 8.42 Å². The molecular formula is C12H13NO2S2. The topological polar surface area (TPSA) is 46.5 Å². The predicted octanol–water partition coefficient (Wildman–Crippen LogP) is 2.57. The lowest BCUT2D eigenvalue weighted by Crippen LogP contribution is -2.01. The van der Waals surface area contributed by atoms with Crippen LogP contribution in [0.3, 0.4) is 0 Å². The molecule has 1 aromatic rings. The van der Waals surface area contributed by atoms with Crippen LogP contribution < -0.4 is 0 Å². The quantitative estimate of drug-likeness (QED) is 0.826. The lowest BCUT2D eigenvalue weighted by molar-refractivity contribution is 0.598.